The summed E-state index contributed by atoms with van der Waals surface area (Å²) in [5.74, 6) is 1.53. The maximum Gasteiger partial charge on any atom is 0.127 e. The van der Waals surface area contributed by atoms with E-state index in [0.717, 1.165) is 29.0 Å². The highest BCUT2D eigenvalue weighted by atomic mass is 19.1. The molecule has 24 heavy (non-hydrogen) atoms. The lowest BCUT2D eigenvalue weighted by Crippen LogP contribution is -2.15. The Morgan fingerprint density at radius 3 is 2.25 bits per heavy atom. The van der Waals surface area contributed by atoms with E-state index in [-0.39, 0.29) is 11.7 Å². The van der Waals surface area contributed by atoms with Crippen LogP contribution < -0.4 is 10.5 Å². The number of ether oxygens (including phenoxy) is 1. The molecule has 3 heteroatoms. The Kier molecular flexibility index (Phi) is 5.24. The minimum Gasteiger partial charge on any atom is -0.457 e. The first-order chi connectivity index (χ1) is 11.7. The highest BCUT2D eigenvalue weighted by molar-refractivity contribution is 5.35. The summed E-state index contributed by atoms with van der Waals surface area (Å²) in [6, 6.07) is 24.3. The molecule has 0 saturated heterocycles. The van der Waals surface area contributed by atoms with Crippen LogP contribution in [0.2, 0.25) is 0 Å². The van der Waals surface area contributed by atoms with Gasteiger partial charge in [-0.3, -0.25) is 0 Å². The van der Waals surface area contributed by atoms with Crippen LogP contribution in [-0.4, -0.2) is 6.54 Å². The summed E-state index contributed by atoms with van der Waals surface area (Å²) in [6.45, 7) is 0.509. The molecule has 0 radical (unpaired) electrons. The summed E-state index contributed by atoms with van der Waals surface area (Å²) in [4.78, 5) is 0. The largest absolute Gasteiger partial charge is 0.457 e. The van der Waals surface area contributed by atoms with E-state index >= 15 is 0 Å². The van der Waals surface area contributed by atoms with Crippen molar-refractivity contribution in [2.45, 2.75) is 12.3 Å². The van der Waals surface area contributed by atoms with Gasteiger partial charge in [-0.1, -0.05) is 42.5 Å². The predicted molar refractivity (Wildman–Crippen MR) is 94.9 cm³/mol. The maximum absolute atomic E-state index is 13.1. The van der Waals surface area contributed by atoms with Crippen LogP contribution in [0.3, 0.4) is 0 Å². The van der Waals surface area contributed by atoms with Gasteiger partial charge >= 0.3 is 0 Å². The van der Waals surface area contributed by atoms with Crippen LogP contribution in [0.1, 0.15) is 17.0 Å². The van der Waals surface area contributed by atoms with E-state index in [2.05, 4.69) is 6.07 Å². The normalized spacial score (nSPS) is 11.9. The maximum atomic E-state index is 13.1. The van der Waals surface area contributed by atoms with Crippen molar-refractivity contribution >= 4 is 0 Å². The average molecular weight is 321 g/mol. The number of benzene rings is 3. The SMILES string of the molecule is NCC(Cc1cccc(Oc2ccccc2)c1)c1ccc(F)cc1. The Morgan fingerprint density at radius 1 is 0.833 bits per heavy atom. The molecular weight excluding hydrogens is 301 g/mol. The second-order valence-corrected chi connectivity index (χ2v) is 5.75. The Hall–Kier alpha value is -2.65. The van der Waals surface area contributed by atoms with Crippen molar-refractivity contribution in [3.05, 3.63) is 95.8 Å². The fraction of sp³-hybridized carbons (Fsp3) is 0.143. The zero-order valence-corrected chi connectivity index (χ0v) is 13.4. The molecule has 2 nitrogen and oxygen atoms in total. The summed E-state index contributed by atoms with van der Waals surface area (Å²) in [7, 11) is 0. The van der Waals surface area contributed by atoms with Gasteiger partial charge in [-0.2, -0.15) is 0 Å². The van der Waals surface area contributed by atoms with Gasteiger partial charge in [0, 0.05) is 5.92 Å². The van der Waals surface area contributed by atoms with Crippen LogP contribution in [0.25, 0.3) is 0 Å². The molecule has 0 aliphatic carbocycles. The van der Waals surface area contributed by atoms with E-state index in [9.17, 15) is 4.39 Å². The average Bonchev–Trinajstić information content (AvgIpc) is 2.62. The lowest BCUT2D eigenvalue weighted by molar-refractivity contribution is 0.481. The van der Waals surface area contributed by atoms with Crippen molar-refractivity contribution in [2.75, 3.05) is 6.54 Å². The van der Waals surface area contributed by atoms with Crippen LogP contribution in [0.15, 0.2) is 78.9 Å². The van der Waals surface area contributed by atoms with Gasteiger partial charge < -0.3 is 10.5 Å². The van der Waals surface area contributed by atoms with E-state index in [1.165, 1.54) is 12.1 Å². The highest BCUT2D eigenvalue weighted by Crippen LogP contribution is 2.25. The summed E-state index contributed by atoms with van der Waals surface area (Å²) in [5.41, 5.74) is 8.12. The van der Waals surface area contributed by atoms with Gasteiger partial charge in [0.25, 0.3) is 0 Å². The quantitative estimate of drug-likeness (QED) is 0.700. The monoisotopic (exact) mass is 321 g/mol. The van der Waals surface area contributed by atoms with Crippen molar-refractivity contribution in [3.63, 3.8) is 0 Å². The van der Waals surface area contributed by atoms with Gasteiger partial charge in [-0.25, -0.2) is 4.39 Å². The number of hydrogen-bond donors (Lipinski definition) is 1. The standard InChI is InChI=1S/C21H20FNO/c22-19-11-9-17(10-12-19)18(15-23)13-16-5-4-8-21(14-16)24-20-6-2-1-3-7-20/h1-12,14,18H,13,15,23H2. The minimum absolute atomic E-state index is 0.151. The minimum atomic E-state index is -0.229. The van der Waals surface area contributed by atoms with Crippen molar-refractivity contribution in [2.24, 2.45) is 5.73 Å². The van der Waals surface area contributed by atoms with Gasteiger partial charge in [-0.05, 0) is 60.5 Å². The first-order valence-electron chi connectivity index (χ1n) is 8.02. The Balaban J connectivity index is 1.74. The molecule has 0 aliphatic rings. The molecule has 2 N–H and O–H groups in total. The number of hydrogen-bond acceptors (Lipinski definition) is 2. The van der Waals surface area contributed by atoms with Crippen molar-refractivity contribution in [1.82, 2.24) is 0 Å². The smallest absolute Gasteiger partial charge is 0.127 e. The summed E-state index contributed by atoms with van der Waals surface area (Å²) < 4.78 is 19.0. The summed E-state index contributed by atoms with van der Waals surface area (Å²) in [5, 5.41) is 0. The second-order valence-electron chi connectivity index (χ2n) is 5.75. The molecule has 0 spiro atoms. The first kappa shape index (κ1) is 16.2. The highest BCUT2D eigenvalue weighted by Gasteiger charge is 2.11. The second kappa shape index (κ2) is 7.75. The van der Waals surface area contributed by atoms with E-state index in [1.54, 1.807) is 12.1 Å². The van der Waals surface area contributed by atoms with Crippen molar-refractivity contribution < 1.29 is 9.13 Å². The molecule has 3 aromatic carbocycles. The van der Waals surface area contributed by atoms with Crippen LogP contribution in [-0.2, 0) is 6.42 Å². The third-order valence-corrected chi connectivity index (χ3v) is 3.99. The van der Waals surface area contributed by atoms with Gasteiger partial charge in [0.1, 0.15) is 17.3 Å². The summed E-state index contributed by atoms with van der Waals surface area (Å²) >= 11 is 0. The van der Waals surface area contributed by atoms with Gasteiger partial charge in [0.15, 0.2) is 0 Å². The number of halogens is 1. The van der Waals surface area contributed by atoms with Gasteiger partial charge in [0.05, 0.1) is 0 Å². The fourth-order valence-corrected chi connectivity index (χ4v) is 2.72. The van der Waals surface area contributed by atoms with Crippen molar-refractivity contribution in [1.29, 1.82) is 0 Å². The molecule has 0 bridgehead atoms. The zero-order valence-electron chi connectivity index (χ0n) is 13.4. The molecule has 3 aromatic rings. The molecule has 1 atom stereocenters. The van der Waals surface area contributed by atoms with E-state index in [0.29, 0.717) is 6.54 Å². The molecule has 1 unspecified atom stereocenters. The lowest BCUT2D eigenvalue weighted by Gasteiger charge is -2.16. The fourth-order valence-electron chi connectivity index (χ4n) is 2.72. The third-order valence-electron chi connectivity index (χ3n) is 3.99. The number of nitrogens with two attached hydrogens (primary N) is 1. The molecule has 0 fully saturated rings. The summed E-state index contributed by atoms with van der Waals surface area (Å²) in [6.07, 6.45) is 0.786. The molecule has 0 saturated carbocycles. The predicted octanol–water partition coefficient (Wildman–Crippen LogP) is 4.90. The van der Waals surface area contributed by atoms with Crippen molar-refractivity contribution in [3.8, 4) is 11.5 Å². The molecule has 122 valence electrons. The van der Waals surface area contributed by atoms with E-state index in [4.69, 9.17) is 10.5 Å². The topological polar surface area (TPSA) is 35.2 Å². The van der Waals surface area contributed by atoms with Crippen LogP contribution in [0, 0.1) is 5.82 Å². The van der Waals surface area contributed by atoms with E-state index in [1.807, 2.05) is 48.5 Å². The van der Waals surface area contributed by atoms with Gasteiger partial charge in [-0.15, -0.1) is 0 Å². The molecule has 3 rings (SSSR count). The zero-order chi connectivity index (χ0) is 16.8. The molecule has 0 aromatic heterocycles. The van der Waals surface area contributed by atoms with Gasteiger partial charge in [0.2, 0.25) is 0 Å². The molecule has 0 amide bonds. The molecular formula is C21H20FNO. The van der Waals surface area contributed by atoms with E-state index < -0.39 is 0 Å². The lowest BCUT2D eigenvalue weighted by atomic mass is 9.92. The van der Waals surface area contributed by atoms with Crippen LogP contribution >= 0.6 is 0 Å². The number of para-hydroxylation sites is 1. The Bertz CT molecular complexity index is 771. The number of rotatable bonds is 6. The van der Waals surface area contributed by atoms with Crippen LogP contribution in [0.4, 0.5) is 4.39 Å². The third kappa shape index (κ3) is 4.21. The molecule has 0 heterocycles. The Labute approximate surface area is 141 Å². The first-order valence-corrected chi connectivity index (χ1v) is 8.02. The Morgan fingerprint density at radius 2 is 1.54 bits per heavy atom. The van der Waals surface area contributed by atoms with Crippen LogP contribution in [0.5, 0.6) is 11.5 Å². The molecule has 0 aliphatic heterocycles.